The molecule has 0 aromatic carbocycles. The largest absolute Gasteiger partial charge is 3.00 e. The van der Waals surface area contributed by atoms with Crippen LogP contribution in [0.1, 0.15) is 20.8 Å². The number of carbonyl (C=O) groups is 3. The van der Waals surface area contributed by atoms with Crippen molar-refractivity contribution in [3.05, 3.63) is 0 Å². The van der Waals surface area contributed by atoms with Gasteiger partial charge in [-0.05, 0) is 20.8 Å². The number of carboxylic acids is 3. The summed E-state index contributed by atoms with van der Waals surface area (Å²) in [5.41, 5.74) is 9.81. The molecule has 0 spiro atoms. The molecule has 0 rings (SSSR count). The van der Waals surface area contributed by atoms with Gasteiger partial charge in [0.05, 0.1) is 0 Å². The van der Waals surface area contributed by atoms with E-state index in [1.54, 1.807) is 0 Å². The normalized spacial score (nSPS) is 5.53. The topological polar surface area (TPSA) is 235 Å². The van der Waals surface area contributed by atoms with Crippen molar-refractivity contribution < 1.29 is 58.0 Å². The molecule has 11 heteroatoms. The van der Waals surface area contributed by atoms with Crippen LogP contribution in [0.5, 0.6) is 0 Å². The molecule has 0 aliphatic heterocycles. The molecule has 0 aliphatic carbocycles. The summed E-state index contributed by atoms with van der Waals surface area (Å²) in [5.74, 6) is -3.25. The van der Waals surface area contributed by atoms with Crippen LogP contribution in [0.4, 0.5) is 0 Å². The molecule has 0 atom stereocenters. The van der Waals surface area contributed by atoms with E-state index < -0.39 is 17.9 Å². The van der Waals surface area contributed by atoms with Crippen LogP contribution in [0.15, 0.2) is 0 Å². The molecule has 0 heterocycles. The number of nitrogens with two attached hydrogens (primary N) is 2. The SMILES string of the molecule is CC(=O)[O-].CC(=O)[O-].CC(=O)[O-].NCCN.O.O.[Cr+3]. The van der Waals surface area contributed by atoms with Gasteiger partial charge in [-0.25, -0.2) is 0 Å². The number of aliphatic carboxylic acids is 3. The number of rotatable bonds is 1. The Morgan fingerprint density at radius 3 is 0.789 bits per heavy atom. The van der Waals surface area contributed by atoms with Crippen molar-refractivity contribution in [2.24, 2.45) is 11.5 Å². The Hall–Kier alpha value is -1.22. The Bertz CT molecular complexity index is 149. The fourth-order valence-corrected chi connectivity index (χ4v) is 0. The van der Waals surface area contributed by atoms with Crippen molar-refractivity contribution in [2.45, 2.75) is 20.8 Å². The van der Waals surface area contributed by atoms with Crippen molar-refractivity contribution in [3.63, 3.8) is 0 Å². The molecule has 0 aliphatic rings. The molecule has 0 fully saturated rings. The second kappa shape index (κ2) is 43.7. The minimum Gasteiger partial charge on any atom is -0.550 e. The Morgan fingerprint density at radius 2 is 0.789 bits per heavy atom. The maximum absolute atomic E-state index is 8.89. The molecule has 10 nitrogen and oxygen atoms in total. The molecule has 0 aromatic rings. The van der Waals surface area contributed by atoms with Crippen molar-refractivity contribution in [1.82, 2.24) is 0 Å². The predicted octanol–water partition coefficient (Wildman–Crippen LogP) is -6.48. The standard InChI is InChI=1S/C2H8N2.3C2H4O2.Cr.2H2O/c3-1-2-4;3*1-2(3)4;;;/h1-4H2;3*1H3,(H,3,4);;2*1H2/q;;;;+3;;/p-3. The quantitative estimate of drug-likeness (QED) is 0.468. The van der Waals surface area contributed by atoms with Gasteiger partial charge in [-0.3, -0.25) is 0 Å². The van der Waals surface area contributed by atoms with Crippen LogP contribution >= 0.6 is 0 Å². The summed E-state index contributed by atoms with van der Waals surface area (Å²) in [7, 11) is 0. The summed E-state index contributed by atoms with van der Waals surface area (Å²) in [6.45, 7) is 4.11. The maximum atomic E-state index is 8.89. The van der Waals surface area contributed by atoms with Gasteiger partial charge in [-0.2, -0.15) is 0 Å². The van der Waals surface area contributed by atoms with E-state index in [0.717, 1.165) is 20.8 Å². The molecule has 0 saturated heterocycles. The fourth-order valence-electron chi connectivity index (χ4n) is 0. The van der Waals surface area contributed by atoms with Gasteiger partial charge >= 0.3 is 17.4 Å². The van der Waals surface area contributed by atoms with E-state index >= 15 is 0 Å². The minimum atomic E-state index is -1.08. The van der Waals surface area contributed by atoms with Gasteiger partial charge in [0.1, 0.15) is 0 Å². The third-order valence-corrected chi connectivity index (χ3v) is 0.167. The van der Waals surface area contributed by atoms with Gasteiger partial charge in [-0.15, -0.1) is 0 Å². The average molecular weight is 325 g/mol. The summed E-state index contributed by atoms with van der Waals surface area (Å²) < 4.78 is 0. The Labute approximate surface area is 122 Å². The van der Waals surface area contributed by atoms with Gasteiger partial charge in [0.15, 0.2) is 0 Å². The maximum Gasteiger partial charge on any atom is 3.00 e. The van der Waals surface area contributed by atoms with Crippen molar-refractivity contribution >= 4 is 17.9 Å². The molecular weight excluding hydrogens is 304 g/mol. The molecule has 0 aromatic heterocycles. The number of hydrogen-bond donors (Lipinski definition) is 2. The van der Waals surface area contributed by atoms with E-state index in [1.165, 1.54) is 0 Å². The number of carboxylic acid groups (broad SMARTS) is 3. The van der Waals surface area contributed by atoms with Crippen LogP contribution in [-0.4, -0.2) is 41.9 Å². The van der Waals surface area contributed by atoms with Crippen LogP contribution in [0, 0.1) is 0 Å². The fraction of sp³-hybridized carbons (Fsp3) is 0.625. The predicted molar refractivity (Wildman–Crippen MR) is 57.4 cm³/mol. The van der Waals surface area contributed by atoms with E-state index in [0.29, 0.717) is 13.1 Å². The number of carbonyl (C=O) groups excluding carboxylic acids is 3. The van der Waals surface area contributed by atoms with Gasteiger partial charge in [0.2, 0.25) is 0 Å². The second-order valence-corrected chi connectivity index (χ2v) is 2.05. The third kappa shape index (κ3) is 77500. The first kappa shape index (κ1) is 43.1. The van der Waals surface area contributed by atoms with Crippen molar-refractivity contribution in [3.8, 4) is 0 Å². The summed E-state index contributed by atoms with van der Waals surface area (Å²) in [5, 5.41) is 26.7. The molecule has 1 radical (unpaired) electrons. The van der Waals surface area contributed by atoms with Gasteiger partial charge < -0.3 is 52.1 Å². The number of hydrogen-bond acceptors (Lipinski definition) is 8. The zero-order chi connectivity index (χ0) is 14.1. The molecule has 0 unspecified atom stereocenters. The first-order valence-corrected chi connectivity index (χ1v) is 4.04. The smallest absolute Gasteiger partial charge is 0.550 e. The van der Waals surface area contributed by atoms with E-state index in [1.807, 2.05) is 0 Å². The van der Waals surface area contributed by atoms with E-state index in [4.69, 9.17) is 41.2 Å². The van der Waals surface area contributed by atoms with E-state index in [9.17, 15) is 0 Å². The first-order chi connectivity index (χ1) is 7.11. The second-order valence-electron chi connectivity index (χ2n) is 2.05. The Morgan fingerprint density at radius 1 is 0.737 bits per heavy atom. The molecular formula is C8H21CrN2O8. The third-order valence-electron chi connectivity index (χ3n) is 0.167. The molecule has 8 N–H and O–H groups in total. The molecule has 0 bridgehead atoms. The average Bonchev–Trinajstić information content (AvgIpc) is 2.00. The van der Waals surface area contributed by atoms with Crippen LogP contribution < -0.4 is 26.8 Å². The first-order valence-electron chi connectivity index (χ1n) is 4.04. The van der Waals surface area contributed by atoms with Crippen LogP contribution in [0.2, 0.25) is 0 Å². The summed E-state index contributed by atoms with van der Waals surface area (Å²) in [6.07, 6.45) is 0. The Balaban J connectivity index is -0.0000000192. The van der Waals surface area contributed by atoms with Crippen LogP contribution in [0.25, 0.3) is 0 Å². The van der Waals surface area contributed by atoms with Crippen LogP contribution in [0.3, 0.4) is 0 Å². The summed E-state index contributed by atoms with van der Waals surface area (Å²) in [6, 6.07) is 0. The van der Waals surface area contributed by atoms with Crippen molar-refractivity contribution in [2.75, 3.05) is 13.1 Å². The van der Waals surface area contributed by atoms with Crippen LogP contribution in [-0.2, 0) is 31.7 Å². The van der Waals surface area contributed by atoms with Gasteiger partial charge in [-0.1, -0.05) is 0 Å². The van der Waals surface area contributed by atoms with Crippen molar-refractivity contribution in [1.29, 1.82) is 0 Å². The molecule has 19 heavy (non-hydrogen) atoms. The molecule has 0 amide bonds. The summed E-state index contributed by atoms with van der Waals surface area (Å²) >= 11 is 0. The van der Waals surface area contributed by atoms with E-state index in [2.05, 4.69) is 0 Å². The molecule has 0 saturated carbocycles. The van der Waals surface area contributed by atoms with E-state index in [-0.39, 0.29) is 28.3 Å². The Kier molecular flexibility index (Phi) is 99.0. The van der Waals surface area contributed by atoms with Gasteiger partial charge in [0, 0.05) is 31.0 Å². The monoisotopic (exact) mass is 325 g/mol. The zero-order valence-corrected chi connectivity index (χ0v) is 12.2. The zero-order valence-electron chi connectivity index (χ0n) is 10.9. The van der Waals surface area contributed by atoms with Gasteiger partial charge in [0.25, 0.3) is 0 Å². The molecule has 117 valence electrons. The summed E-state index contributed by atoms with van der Waals surface area (Å²) in [4.78, 5) is 26.7. The minimum absolute atomic E-state index is 0.